The summed E-state index contributed by atoms with van der Waals surface area (Å²) in [4.78, 5) is 14.8. The van der Waals surface area contributed by atoms with E-state index in [2.05, 4.69) is 10.2 Å². The Kier molecular flexibility index (Phi) is 7.88. The Morgan fingerprint density at radius 1 is 1.37 bits per heavy atom. The van der Waals surface area contributed by atoms with Crippen LogP contribution in [0.3, 0.4) is 0 Å². The molecule has 2 rings (SSSR count). The minimum atomic E-state index is -3.64. The van der Waals surface area contributed by atoms with Crippen LogP contribution in [0, 0.1) is 0 Å². The Hall–Kier alpha value is -1.84. The van der Waals surface area contributed by atoms with Crippen LogP contribution in [0.25, 0.3) is 0 Å². The first kappa shape index (κ1) is 21.5. The van der Waals surface area contributed by atoms with Crippen LogP contribution in [0.2, 0.25) is 0 Å². The number of benzene rings is 1. The third-order valence-electron chi connectivity index (χ3n) is 4.45. The fraction of sp³-hybridized carbons (Fsp3) is 0.611. The maximum atomic E-state index is 12.5. The van der Waals surface area contributed by atoms with Crippen molar-refractivity contribution in [3.05, 3.63) is 24.3 Å². The van der Waals surface area contributed by atoms with Gasteiger partial charge in [-0.25, -0.2) is 8.42 Å². The van der Waals surface area contributed by atoms with Gasteiger partial charge in [-0.3, -0.25) is 14.0 Å². The zero-order chi connectivity index (χ0) is 19.9. The molecule has 1 fully saturated rings. The molecule has 0 radical (unpaired) electrons. The van der Waals surface area contributed by atoms with E-state index in [4.69, 9.17) is 9.47 Å². The van der Waals surface area contributed by atoms with E-state index < -0.39 is 16.1 Å². The highest BCUT2D eigenvalue weighted by atomic mass is 32.2. The van der Waals surface area contributed by atoms with Gasteiger partial charge in [0.1, 0.15) is 11.8 Å². The van der Waals surface area contributed by atoms with Gasteiger partial charge in [-0.2, -0.15) is 0 Å². The first-order chi connectivity index (χ1) is 12.8. The summed E-state index contributed by atoms with van der Waals surface area (Å²) in [6, 6.07) is 5.80. The Labute approximate surface area is 161 Å². The summed E-state index contributed by atoms with van der Waals surface area (Å²) < 4.78 is 36.2. The van der Waals surface area contributed by atoms with Crippen molar-refractivity contribution in [1.29, 1.82) is 0 Å². The molecule has 1 aliphatic rings. The zero-order valence-electron chi connectivity index (χ0n) is 16.2. The van der Waals surface area contributed by atoms with E-state index in [1.165, 1.54) is 7.11 Å². The molecule has 1 saturated heterocycles. The van der Waals surface area contributed by atoms with Crippen molar-refractivity contribution in [3.8, 4) is 5.75 Å². The summed E-state index contributed by atoms with van der Waals surface area (Å²) in [6.45, 7) is 6.25. The number of hydrogen-bond donors (Lipinski definition) is 1. The minimum Gasteiger partial charge on any atom is -0.497 e. The topological polar surface area (TPSA) is 88.2 Å². The number of hydrogen-bond acceptors (Lipinski definition) is 6. The Bertz CT molecular complexity index is 719. The Morgan fingerprint density at radius 2 is 2.07 bits per heavy atom. The van der Waals surface area contributed by atoms with Gasteiger partial charge in [0.2, 0.25) is 15.9 Å². The molecule has 0 bridgehead atoms. The van der Waals surface area contributed by atoms with Gasteiger partial charge in [-0.15, -0.1) is 0 Å². The highest BCUT2D eigenvalue weighted by Crippen LogP contribution is 2.25. The molecule has 8 nitrogen and oxygen atoms in total. The average molecular weight is 400 g/mol. The van der Waals surface area contributed by atoms with Crippen molar-refractivity contribution in [2.75, 3.05) is 57.1 Å². The van der Waals surface area contributed by atoms with Crippen molar-refractivity contribution in [2.24, 2.45) is 0 Å². The van der Waals surface area contributed by atoms with E-state index in [1.54, 1.807) is 31.2 Å². The SMILES string of the molecule is COc1cccc(N(C(C)C(=O)NCCCN2CCOCC2)S(C)(=O)=O)c1. The molecule has 0 aliphatic carbocycles. The number of nitrogens with zero attached hydrogens (tertiary/aromatic N) is 2. The van der Waals surface area contributed by atoms with Crippen molar-refractivity contribution < 1.29 is 22.7 Å². The molecule has 1 N–H and O–H groups in total. The summed E-state index contributed by atoms with van der Waals surface area (Å²) in [5.74, 6) is 0.199. The summed E-state index contributed by atoms with van der Waals surface area (Å²) in [7, 11) is -2.13. The second-order valence-corrected chi connectivity index (χ2v) is 8.39. The van der Waals surface area contributed by atoms with Crippen molar-refractivity contribution >= 4 is 21.6 Å². The molecule has 1 unspecified atom stereocenters. The zero-order valence-corrected chi connectivity index (χ0v) is 17.0. The van der Waals surface area contributed by atoms with E-state index >= 15 is 0 Å². The molecular formula is C18H29N3O5S. The van der Waals surface area contributed by atoms with Gasteiger partial charge >= 0.3 is 0 Å². The number of amides is 1. The van der Waals surface area contributed by atoms with Crippen LogP contribution in [-0.2, 0) is 19.6 Å². The highest BCUT2D eigenvalue weighted by molar-refractivity contribution is 7.92. The van der Waals surface area contributed by atoms with Crippen LogP contribution < -0.4 is 14.4 Å². The number of carbonyl (C=O) groups excluding carboxylic acids is 1. The largest absolute Gasteiger partial charge is 0.497 e. The van der Waals surface area contributed by atoms with Crippen molar-refractivity contribution in [2.45, 2.75) is 19.4 Å². The molecule has 0 saturated carbocycles. The number of carbonyl (C=O) groups is 1. The maximum absolute atomic E-state index is 12.5. The molecule has 1 atom stereocenters. The fourth-order valence-corrected chi connectivity index (χ4v) is 4.21. The van der Waals surface area contributed by atoms with Crippen LogP contribution >= 0.6 is 0 Å². The van der Waals surface area contributed by atoms with Crippen molar-refractivity contribution in [1.82, 2.24) is 10.2 Å². The van der Waals surface area contributed by atoms with Crippen LogP contribution in [0.15, 0.2) is 24.3 Å². The van der Waals surface area contributed by atoms with Crippen LogP contribution in [0.1, 0.15) is 13.3 Å². The van der Waals surface area contributed by atoms with E-state index in [1.807, 2.05) is 0 Å². The third-order valence-corrected chi connectivity index (χ3v) is 5.69. The van der Waals surface area contributed by atoms with Gasteiger partial charge < -0.3 is 14.8 Å². The number of nitrogens with one attached hydrogen (secondary N) is 1. The number of morpholine rings is 1. The van der Waals surface area contributed by atoms with Gasteiger partial charge in [-0.1, -0.05) is 6.07 Å². The number of ether oxygens (including phenoxy) is 2. The van der Waals surface area contributed by atoms with Gasteiger partial charge in [0.15, 0.2) is 0 Å². The van der Waals surface area contributed by atoms with Crippen LogP contribution in [-0.4, -0.2) is 78.0 Å². The lowest BCUT2D eigenvalue weighted by atomic mass is 10.2. The first-order valence-electron chi connectivity index (χ1n) is 9.04. The van der Waals surface area contributed by atoms with E-state index in [-0.39, 0.29) is 5.91 Å². The Morgan fingerprint density at radius 3 is 2.70 bits per heavy atom. The van der Waals surface area contributed by atoms with Crippen LogP contribution in [0.5, 0.6) is 5.75 Å². The second kappa shape index (κ2) is 9.91. The van der Waals surface area contributed by atoms with E-state index in [0.29, 0.717) is 18.0 Å². The Balaban J connectivity index is 1.95. The summed E-state index contributed by atoms with van der Waals surface area (Å²) >= 11 is 0. The number of methoxy groups -OCH3 is 1. The van der Waals surface area contributed by atoms with E-state index in [0.717, 1.165) is 49.8 Å². The number of rotatable bonds is 9. The minimum absolute atomic E-state index is 0.328. The monoisotopic (exact) mass is 399 g/mol. The molecule has 0 aromatic heterocycles. The fourth-order valence-electron chi connectivity index (χ4n) is 3.04. The highest BCUT2D eigenvalue weighted by Gasteiger charge is 2.29. The molecule has 27 heavy (non-hydrogen) atoms. The summed E-state index contributed by atoms with van der Waals surface area (Å²) in [6.07, 6.45) is 1.89. The van der Waals surface area contributed by atoms with Gasteiger partial charge in [0.25, 0.3) is 0 Å². The van der Waals surface area contributed by atoms with Gasteiger partial charge in [0.05, 0.1) is 32.3 Å². The van der Waals surface area contributed by atoms with Gasteiger partial charge in [-0.05, 0) is 32.0 Å². The maximum Gasteiger partial charge on any atom is 0.243 e. The molecule has 1 amide bonds. The lowest BCUT2D eigenvalue weighted by Crippen LogP contribution is -2.48. The molecule has 1 aromatic carbocycles. The molecular weight excluding hydrogens is 370 g/mol. The quantitative estimate of drug-likeness (QED) is 0.615. The smallest absolute Gasteiger partial charge is 0.243 e. The number of anilines is 1. The number of sulfonamides is 1. The van der Waals surface area contributed by atoms with Crippen molar-refractivity contribution in [3.63, 3.8) is 0 Å². The molecule has 9 heteroatoms. The second-order valence-electron chi connectivity index (χ2n) is 6.53. The van der Waals surface area contributed by atoms with E-state index in [9.17, 15) is 13.2 Å². The molecule has 1 heterocycles. The molecule has 0 spiro atoms. The van der Waals surface area contributed by atoms with Gasteiger partial charge in [0, 0.05) is 25.7 Å². The lowest BCUT2D eigenvalue weighted by Gasteiger charge is -2.29. The standard InChI is InChI=1S/C18H29N3O5S/c1-15(18(22)19-8-5-9-20-10-12-26-13-11-20)21(27(3,23)24)16-6-4-7-17(14-16)25-2/h4,6-7,14-15H,5,8-13H2,1-3H3,(H,19,22). The summed E-state index contributed by atoms with van der Waals surface area (Å²) in [5.41, 5.74) is 0.396. The first-order valence-corrected chi connectivity index (χ1v) is 10.9. The molecule has 1 aliphatic heterocycles. The third kappa shape index (κ3) is 6.37. The molecule has 1 aromatic rings. The normalized spacial score (nSPS) is 16.6. The average Bonchev–Trinajstić information content (AvgIpc) is 2.65. The summed E-state index contributed by atoms with van der Waals surface area (Å²) in [5, 5.41) is 2.84. The van der Waals surface area contributed by atoms with Crippen LogP contribution in [0.4, 0.5) is 5.69 Å². The predicted molar refractivity (Wildman–Crippen MR) is 105 cm³/mol. The predicted octanol–water partition coefficient (Wildman–Crippen LogP) is 0.688. The molecule has 152 valence electrons. The lowest BCUT2D eigenvalue weighted by molar-refractivity contribution is -0.121.